The summed E-state index contributed by atoms with van der Waals surface area (Å²) < 4.78 is 5.08. The van der Waals surface area contributed by atoms with Gasteiger partial charge in [-0.05, 0) is 31.2 Å². The summed E-state index contributed by atoms with van der Waals surface area (Å²) in [7, 11) is 1.74. The van der Waals surface area contributed by atoms with E-state index in [1.807, 2.05) is 0 Å². The molecule has 1 N–H and O–H groups in total. The second kappa shape index (κ2) is 8.48. The number of hydrogen-bond donors (Lipinski definition) is 1. The van der Waals surface area contributed by atoms with Crippen LogP contribution < -0.4 is 5.32 Å². The van der Waals surface area contributed by atoms with Gasteiger partial charge in [-0.3, -0.25) is 4.79 Å². The van der Waals surface area contributed by atoms with Gasteiger partial charge in [0.25, 0.3) is 0 Å². The van der Waals surface area contributed by atoms with Crippen molar-refractivity contribution in [2.24, 2.45) is 11.8 Å². The van der Waals surface area contributed by atoms with E-state index in [0.717, 1.165) is 39.2 Å². The SMILES string of the molecule is COCCN1CCC(CNC(=O)CCC(C)C)C1. The largest absolute Gasteiger partial charge is 0.383 e. The van der Waals surface area contributed by atoms with Crippen molar-refractivity contribution in [3.8, 4) is 0 Å². The van der Waals surface area contributed by atoms with Crippen molar-refractivity contribution in [2.75, 3.05) is 39.9 Å². The van der Waals surface area contributed by atoms with Gasteiger partial charge in [-0.15, -0.1) is 0 Å². The second-order valence-electron chi connectivity index (χ2n) is 5.68. The average Bonchev–Trinajstić information content (AvgIpc) is 2.79. The molecule has 1 heterocycles. The molecule has 1 aliphatic heterocycles. The standard InChI is InChI=1S/C14H28N2O2/c1-12(2)4-5-14(17)15-10-13-6-7-16(11-13)8-9-18-3/h12-13H,4-11H2,1-3H3,(H,15,17). The highest BCUT2D eigenvalue weighted by molar-refractivity contribution is 5.75. The molecule has 0 radical (unpaired) electrons. The lowest BCUT2D eigenvalue weighted by atomic mass is 10.1. The van der Waals surface area contributed by atoms with Crippen molar-refractivity contribution in [1.82, 2.24) is 10.2 Å². The smallest absolute Gasteiger partial charge is 0.220 e. The Labute approximate surface area is 111 Å². The average molecular weight is 256 g/mol. The highest BCUT2D eigenvalue weighted by atomic mass is 16.5. The first-order valence-corrected chi connectivity index (χ1v) is 7.09. The van der Waals surface area contributed by atoms with Crippen LogP contribution in [0.5, 0.6) is 0 Å². The van der Waals surface area contributed by atoms with E-state index < -0.39 is 0 Å². The Morgan fingerprint density at radius 3 is 2.94 bits per heavy atom. The molecule has 1 aliphatic rings. The van der Waals surface area contributed by atoms with Gasteiger partial charge < -0.3 is 15.0 Å². The fourth-order valence-corrected chi connectivity index (χ4v) is 2.27. The number of carbonyl (C=O) groups is 1. The zero-order valence-electron chi connectivity index (χ0n) is 12.1. The molecule has 1 unspecified atom stereocenters. The van der Waals surface area contributed by atoms with Crippen molar-refractivity contribution in [2.45, 2.75) is 33.1 Å². The maximum Gasteiger partial charge on any atom is 0.220 e. The molecule has 4 heteroatoms. The Hall–Kier alpha value is -0.610. The van der Waals surface area contributed by atoms with Gasteiger partial charge in [0, 0.05) is 33.2 Å². The minimum absolute atomic E-state index is 0.207. The number of likely N-dealkylation sites (tertiary alicyclic amines) is 1. The minimum Gasteiger partial charge on any atom is -0.383 e. The summed E-state index contributed by atoms with van der Waals surface area (Å²) in [6.07, 6.45) is 2.84. The summed E-state index contributed by atoms with van der Waals surface area (Å²) in [5, 5.41) is 3.06. The molecule has 0 aromatic heterocycles. The third kappa shape index (κ3) is 6.36. The van der Waals surface area contributed by atoms with Crippen LogP contribution in [0.3, 0.4) is 0 Å². The molecule has 1 saturated heterocycles. The number of methoxy groups -OCH3 is 1. The lowest BCUT2D eigenvalue weighted by Gasteiger charge is -2.15. The summed E-state index contributed by atoms with van der Waals surface area (Å²) >= 11 is 0. The molecule has 1 amide bonds. The highest BCUT2D eigenvalue weighted by Crippen LogP contribution is 2.14. The molecule has 0 saturated carbocycles. The zero-order chi connectivity index (χ0) is 13.4. The maximum absolute atomic E-state index is 11.6. The lowest BCUT2D eigenvalue weighted by molar-refractivity contribution is -0.121. The van der Waals surface area contributed by atoms with Crippen LogP contribution in [0.1, 0.15) is 33.1 Å². The van der Waals surface area contributed by atoms with Crippen molar-refractivity contribution in [3.63, 3.8) is 0 Å². The van der Waals surface area contributed by atoms with Gasteiger partial charge in [0.15, 0.2) is 0 Å². The van der Waals surface area contributed by atoms with E-state index in [0.29, 0.717) is 18.3 Å². The number of carbonyl (C=O) groups excluding carboxylic acids is 1. The monoisotopic (exact) mass is 256 g/mol. The van der Waals surface area contributed by atoms with Crippen LogP contribution in [-0.4, -0.2) is 50.7 Å². The van der Waals surface area contributed by atoms with Crippen molar-refractivity contribution in [1.29, 1.82) is 0 Å². The quantitative estimate of drug-likeness (QED) is 0.716. The van der Waals surface area contributed by atoms with Crippen LogP contribution in [0.2, 0.25) is 0 Å². The fraction of sp³-hybridized carbons (Fsp3) is 0.929. The molecular formula is C14H28N2O2. The first-order chi connectivity index (χ1) is 8.61. The Bertz CT molecular complexity index is 244. The van der Waals surface area contributed by atoms with E-state index in [4.69, 9.17) is 4.74 Å². The van der Waals surface area contributed by atoms with E-state index >= 15 is 0 Å². The van der Waals surface area contributed by atoms with E-state index in [1.165, 1.54) is 6.42 Å². The minimum atomic E-state index is 0.207. The van der Waals surface area contributed by atoms with Crippen molar-refractivity contribution >= 4 is 5.91 Å². The Morgan fingerprint density at radius 1 is 1.50 bits per heavy atom. The summed E-state index contributed by atoms with van der Waals surface area (Å²) in [5.74, 6) is 1.43. The lowest BCUT2D eigenvalue weighted by Crippen LogP contribution is -2.31. The van der Waals surface area contributed by atoms with E-state index in [2.05, 4.69) is 24.1 Å². The number of nitrogens with zero attached hydrogens (tertiary/aromatic N) is 1. The molecule has 1 atom stereocenters. The molecular weight excluding hydrogens is 228 g/mol. The molecule has 0 aromatic rings. The normalized spacial score (nSPS) is 20.6. The van der Waals surface area contributed by atoms with E-state index in [-0.39, 0.29) is 5.91 Å². The molecule has 0 aromatic carbocycles. The van der Waals surface area contributed by atoms with Crippen molar-refractivity contribution < 1.29 is 9.53 Å². The van der Waals surface area contributed by atoms with E-state index in [1.54, 1.807) is 7.11 Å². The zero-order valence-corrected chi connectivity index (χ0v) is 12.1. The van der Waals surface area contributed by atoms with Crippen LogP contribution in [0, 0.1) is 11.8 Å². The second-order valence-corrected chi connectivity index (χ2v) is 5.68. The van der Waals surface area contributed by atoms with Crippen LogP contribution >= 0.6 is 0 Å². The van der Waals surface area contributed by atoms with Crippen LogP contribution in [-0.2, 0) is 9.53 Å². The van der Waals surface area contributed by atoms with Crippen LogP contribution in [0.25, 0.3) is 0 Å². The predicted molar refractivity (Wildman–Crippen MR) is 73.5 cm³/mol. The van der Waals surface area contributed by atoms with Gasteiger partial charge in [0.2, 0.25) is 5.91 Å². The predicted octanol–water partition coefficient (Wildman–Crippen LogP) is 1.51. The molecule has 1 rings (SSSR count). The van der Waals surface area contributed by atoms with Crippen LogP contribution in [0.4, 0.5) is 0 Å². The third-order valence-corrected chi connectivity index (χ3v) is 3.52. The molecule has 0 bridgehead atoms. The maximum atomic E-state index is 11.6. The molecule has 0 spiro atoms. The summed E-state index contributed by atoms with van der Waals surface area (Å²) in [6.45, 7) is 9.17. The van der Waals surface area contributed by atoms with Gasteiger partial charge in [-0.25, -0.2) is 0 Å². The van der Waals surface area contributed by atoms with Gasteiger partial charge >= 0.3 is 0 Å². The molecule has 18 heavy (non-hydrogen) atoms. The van der Waals surface area contributed by atoms with Gasteiger partial charge in [0.1, 0.15) is 0 Å². The molecule has 106 valence electrons. The fourth-order valence-electron chi connectivity index (χ4n) is 2.27. The molecule has 0 aliphatic carbocycles. The third-order valence-electron chi connectivity index (χ3n) is 3.52. The topological polar surface area (TPSA) is 41.6 Å². The van der Waals surface area contributed by atoms with Gasteiger partial charge in [-0.1, -0.05) is 13.8 Å². The number of hydrogen-bond acceptors (Lipinski definition) is 3. The van der Waals surface area contributed by atoms with E-state index in [9.17, 15) is 4.79 Å². The number of rotatable bonds is 8. The summed E-state index contributed by atoms with van der Waals surface area (Å²) in [5.41, 5.74) is 0. The molecule has 1 fully saturated rings. The number of ether oxygens (including phenoxy) is 1. The number of amides is 1. The summed E-state index contributed by atoms with van der Waals surface area (Å²) in [6, 6.07) is 0. The first-order valence-electron chi connectivity index (χ1n) is 7.09. The van der Waals surface area contributed by atoms with Crippen molar-refractivity contribution in [3.05, 3.63) is 0 Å². The van der Waals surface area contributed by atoms with Gasteiger partial charge in [-0.2, -0.15) is 0 Å². The first kappa shape index (κ1) is 15.4. The van der Waals surface area contributed by atoms with Crippen LogP contribution in [0.15, 0.2) is 0 Å². The summed E-state index contributed by atoms with van der Waals surface area (Å²) in [4.78, 5) is 14.0. The highest BCUT2D eigenvalue weighted by Gasteiger charge is 2.22. The Morgan fingerprint density at radius 2 is 2.28 bits per heavy atom. The Kier molecular flexibility index (Phi) is 7.28. The number of nitrogens with one attached hydrogen (secondary N) is 1. The molecule has 4 nitrogen and oxygen atoms in total. The Balaban J connectivity index is 2.08. The van der Waals surface area contributed by atoms with Gasteiger partial charge in [0.05, 0.1) is 6.61 Å².